The second-order valence-corrected chi connectivity index (χ2v) is 28.6. The van der Waals surface area contributed by atoms with E-state index < -0.39 is 236 Å². The van der Waals surface area contributed by atoms with E-state index in [-0.39, 0.29) is 19.3 Å². The molecule has 0 saturated heterocycles. The van der Waals surface area contributed by atoms with Gasteiger partial charge in [0.15, 0.2) is 0 Å². The molecule has 612 valence electrons. The van der Waals surface area contributed by atoms with Gasteiger partial charge in [-0.2, -0.15) is 0 Å². The van der Waals surface area contributed by atoms with Gasteiger partial charge in [0.1, 0.15) is 72.5 Å². The number of hydrogen-bond donors (Lipinski definition) is 22. The highest BCUT2D eigenvalue weighted by Gasteiger charge is 2.40. The van der Waals surface area contributed by atoms with Gasteiger partial charge in [-0.15, -0.1) is 0 Å². The summed E-state index contributed by atoms with van der Waals surface area (Å²) in [7, 11) is 0. The smallest absolute Gasteiger partial charge is 0.325 e. The zero-order valence-corrected chi connectivity index (χ0v) is 64.4. The molecule has 3 aromatic rings. The summed E-state index contributed by atoms with van der Waals surface area (Å²) in [5.74, 6) is -17.1. The maximum atomic E-state index is 14.5. The number of aliphatic hydroxyl groups excluding tert-OH is 3. The Labute approximate surface area is 638 Å². The molecule has 18 atom stereocenters. The average Bonchev–Trinajstić information content (AvgIpc) is 1.63. The van der Waals surface area contributed by atoms with Gasteiger partial charge < -0.3 is 117 Å². The zero-order chi connectivity index (χ0) is 83.0. The molecule has 0 bridgehead atoms. The third kappa shape index (κ3) is 30.7. The van der Waals surface area contributed by atoms with Crippen molar-refractivity contribution in [2.24, 2.45) is 40.9 Å². The standard InChI is InChI=1S/C73H115N17O20/c1-13-37(7)24-25-45(93)30-53(94)85-56(35(3)4)68(104)89-59(39(9)74)67(103)78-32-54(95)80-51(33-91)65(101)82-50(29-44-31-77-47-23-19-18-22-46(44)47)64(100)84-52(34-92)66(102)88-61(41(11)76)72(108)90-60(40(10)75)71(107)83-49(28-43-20-16-15-17-21-43)63(99)81-48(26-27-55(96)97)62(98)86-57(36(5)6)69(105)87-58(38(8)14-2)70(106)79-42(12)73(109)110/h15-23,31,35-42,45,48-52,56-61,77,91-93H,13-14,24-30,32-34,74-76H2,1-12H3,(H,78,103)(H,79,106)(H,80,95)(H,81,99)(H,82,101)(H,83,107)(H,84,100)(H,85,94)(H,86,98)(H,87,105)(H,88,102)(H,89,104)(H,90,108)(H,96,97)(H,109,110)/t37-,38-,39?,40?,41?,42-,45+,48-,49-,50+,51+,52-,56+,57-,58+,59+,60+,61-/m0/s1. The van der Waals surface area contributed by atoms with Crippen LogP contribution in [0.4, 0.5) is 0 Å². The van der Waals surface area contributed by atoms with E-state index in [1.807, 2.05) is 13.8 Å². The lowest BCUT2D eigenvalue weighted by Gasteiger charge is -2.30. The quantitative estimate of drug-likeness (QED) is 0.0255. The number of aromatic amines is 1. The first kappa shape index (κ1) is 94.0. The van der Waals surface area contributed by atoms with Gasteiger partial charge in [0, 0.05) is 54.5 Å². The van der Waals surface area contributed by atoms with Gasteiger partial charge in [-0.3, -0.25) is 71.9 Å². The highest BCUT2D eigenvalue weighted by atomic mass is 16.4. The number of rotatable bonds is 48. The SMILES string of the molecule is CC[C@H](C)CC[C@@H](O)CC(=O)N[C@@H](C(=O)N[C@@H](C(=O)NCC(=O)N[C@H](CO)C(=O)N[C@H](Cc1c[nH]c2ccccc12)C(=O)N[C@@H](CO)C(=O)N[C@H](C(=O)N[C@@H](C(=O)N[C@@H](Cc1ccccc1)C(=O)N[C@@H](CCC(=O)O)C(=O)N[C@H](C(=O)N[C@@H](C(=O)N[C@@H](C)C(=O)O)[C@@H](C)CC)C(C)C)C(C)N)C(C)N)C(C)N)C(C)C. The van der Waals surface area contributed by atoms with Crippen LogP contribution >= 0.6 is 0 Å². The molecule has 1 heterocycles. The van der Waals surface area contributed by atoms with Crippen LogP contribution in [0, 0.1) is 23.7 Å². The fourth-order valence-electron chi connectivity index (χ4n) is 11.2. The fourth-order valence-corrected chi connectivity index (χ4v) is 11.2. The van der Waals surface area contributed by atoms with Gasteiger partial charge in [0.05, 0.1) is 32.3 Å². The summed E-state index contributed by atoms with van der Waals surface area (Å²) in [6.45, 7) is 15.9. The van der Waals surface area contributed by atoms with E-state index in [1.165, 1.54) is 33.9 Å². The number of carboxylic acid groups (broad SMARTS) is 2. The van der Waals surface area contributed by atoms with E-state index in [9.17, 15) is 97.5 Å². The number of nitrogens with one attached hydrogen (secondary N) is 14. The van der Waals surface area contributed by atoms with Crippen LogP contribution in [-0.4, -0.2) is 236 Å². The normalized spacial score (nSPS) is 16.3. The Hall–Kier alpha value is -10.2. The molecular formula is C73H115N17O20. The van der Waals surface area contributed by atoms with Crippen molar-refractivity contribution in [3.05, 3.63) is 71.9 Å². The molecule has 0 aliphatic rings. The Morgan fingerprint density at radius 3 is 1.38 bits per heavy atom. The van der Waals surface area contributed by atoms with Crippen molar-refractivity contribution in [2.75, 3.05) is 19.8 Å². The van der Waals surface area contributed by atoms with Gasteiger partial charge in [-0.25, -0.2) is 0 Å². The lowest BCUT2D eigenvalue weighted by molar-refractivity contribution is -0.142. The van der Waals surface area contributed by atoms with Gasteiger partial charge in [0.25, 0.3) is 0 Å². The summed E-state index contributed by atoms with van der Waals surface area (Å²) < 4.78 is 0. The number of aliphatic carboxylic acids is 2. The maximum absolute atomic E-state index is 14.5. The van der Waals surface area contributed by atoms with E-state index in [0.717, 1.165) is 6.42 Å². The van der Waals surface area contributed by atoms with Crippen LogP contribution in [0.3, 0.4) is 0 Å². The van der Waals surface area contributed by atoms with Crippen LogP contribution in [0.5, 0.6) is 0 Å². The number of para-hydroxylation sites is 1. The Morgan fingerprint density at radius 2 is 0.855 bits per heavy atom. The molecule has 0 saturated carbocycles. The molecule has 3 unspecified atom stereocenters. The number of fused-ring (bicyclic) bond motifs is 1. The molecule has 13 amide bonds. The van der Waals surface area contributed by atoms with E-state index in [0.29, 0.717) is 47.2 Å². The summed E-state index contributed by atoms with van der Waals surface area (Å²) in [5, 5.41) is 83.0. The number of H-pyrrole nitrogens is 1. The Bertz CT molecular complexity index is 3610. The molecule has 0 fully saturated rings. The first-order valence-corrected chi connectivity index (χ1v) is 36.8. The Morgan fingerprint density at radius 1 is 0.427 bits per heavy atom. The number of amides is 13. The number of carbonyl (C=O) groups is 15. The first-order valence-electron chi connectivity index (χ1n) is 36.8. The van der Waals surface area contributed by atoms with Gasteiger partial charge in [0.2, 0.25) is 76.8 Å². The number of carbonyl (C=O) groups excluding carboxylic acids is 13. The fraction of sp³-hybridized carbons (Fsp3) is 0.603. The Kier molecular flexibility index (Phi) is 39.6. The maximum Gasteiger partial charge on any atom is 0.325 e. The predicted molar refractivity (Wildman–Crippen MR) is 402 cm³/mol. The van der Waals surface area contributed by atoms with Gasteiger partial charge >= 0.3 is 11.9 Å². The molecular weight excluding hydrogens is 1430 g/mol. The number of aliphatic hydroxyl groups is 3. The second-order valence-electron chi connectivity index (χ2n) is 28.6. The summed E-state index contributed by atoms with van der Waals surface area (Å²) in [6, 6.07) is -7.64. The molecule has 0 aliphatic carbocycles. The van der Waals surface area contributed by atoms with Crippen LogP contribution in [0.1, 0.15) is 139 Å². The van der Waals surface area contributed by atoms with Crippen molar-refractivity contribution in [2.45, 2.75) is 238 Å². The predicted octanol–water partition coefficient (Wildman–Crippen LogP) is -4.18. The average molecular weight is 1550 g/mol. The molecule has 3 rings (SSSR count). The van der Waals surface area contributed by atoms with Crippen LogP contribution < -0.4 is 86.3 Å². The third-order valence-electron chi connectivity index (χ3n) is 18.5. The molecule has 110 heavy (non-hydrogen) atoms. The van der Waals surface area contributed by atoms with E-state index in [1.54, 1.807) is 96.1 Å². The molecule has 1 aromatic heterocycles. The van der Waals surface area contributed by atoms with Gasteiger partial charge in [-0.1, -0.05) is 117 Å². The number of hydrogen-bond acceptors (Lipinski definition) is 21. The van der Waals surface area contributed by atoms with Crippen molar-refractivity contribution in [3.8, 4) is 0 Å². The van der Waals surface area contributed by atoms with Crippen LogP contribution in [0.15, 0.2) is 60.8 Å². The molecule has 25 N–H and O–H groups in total. The number of aromatic nitrogens is 1. The monoisotopic (exact) mass is 1550 g/mol. The van der Waals surface area contributed by atoms with Crippen molar-refractivity contribution in [1.29, 1.82) is 0 Å². The van der Waals surface area contributed by atoms with Crippen LogP contribution in [-0.2, 0) is 84.8 Å². The minimum Gasteiger partial charge on any atom is -0.481 e. The summed E-state index contributed by atoms with van der Waals surface area (Å²) in [4.78, 5) is 207. The topological polar surface area (TPSA) is 607 Å². The summed E-state index contributed by atoms with van der Waals surface area (Å²) in [5.41, 5.74) is 20.2. The van der Waals surface area contributed by atoms with Crippen molar-refractivity contribution < 1.29 is 97.5 Å². The summed E-state index contributed by atoms with van der Waals surface area (Å²) >= 11 is 0. The lowest BCUT2D eigenvalue weighted by atomic mass is 9.96. The molecule has 0 radical (unpaired) electrons. The van der Waals surface area contributed by atoms with Crippen molar-refractivity contribution >= 4 is 99.6 Å². The minimum absolute atomic E-state index is 0.271. The highest BCUT2D eigenvalue weighted by Crippen LogP contribution is 2.21. The summed E-state index contributed by atoms with van der Waals surface area (Å²) in [6.07, 6.45) is 0.737. The van der Waals surface area contributed by atoms with E-state index in [2.05, 4.69) is 74.1 Å². The number of benzene rings is 2. The van der Waals surface area contributed by atoms with Gasteiger partial charge in [-0.05, 0) is 87.8 Å². The molecule has 2 aromatic carbocycles. The largest absolute Gasteiger partial charge is 0.481 e. The molecule has 0 aliphatic heterocycles. The Balaban J connectivity index is 1.86. The minimum atomic E-state index is -1.92. The van der Waals surface area contributed by atoms with Crippen LogP contribution in [0.25, 0.3) is 10.9 Å². The van der Waals surface area contributed by atoms with E-state index >= 15 is 0 Å². The zero-order valence-electron chi connectivity index (χ0n) is 64.4. The molecule has 37 heteroatoms. The molecule has 37 nitrogen and oxygen atoms in total. The highest BCUT2D eigenvalue weighted by molar-refractivity contribution is 6.00. The van der Waals surface area contributed by atoms with Crippen molar-refractivity contribution in [3.63, 3.8) is 0 Å². The third-order valence-corrected chi connectivity index (χ3v) is 18.5. The molecule has 0 spiro atoms. The van der Waals surface area contributed by atoms with Crippen molar-refractivity contribution in [1.82, 2.24) is 74.1 Å². The number of nitrogens with two attached hydrogens (primary N) is 3. The van der Waals surface area contributed by atoms with E-state index in [4.69, 9.17) is 17.2 Å². The van der Waals surface area contributed by atoms with Crippen LogP contribution in [0.2, 0.25) is 0 Å². The first-order chi connectivity index (χ1) is 51.7. The number of carboxylic acids is 2. The lowest BCUT2D eigenvalue weighted by Crippen LogP contribution is -2.65. The second kappa shape index (κ2) is 46.3.